The van der Waals surface area contributed by atoms with Crippen molar-refractivity contribution in [2.45, 2.75) is 0 Å². The monoisotopic (exact) mass is 184 g/mol. The van der Waals surface area contributed by atoms with Crippen molar-refractivity contribution in [3.8, 4) is 0 Å². The van der Waals surface area contributed by atoms with Crippen LogP contribution in [0.5, 0.6) is 0 Å². The van der Waals surface area contributed by atoms with Crippen LogP contribution in [0.4, 0.5) is 0 Å². The van der Waals surface area contributed by atoms with E-state index >= 15 is 0 Å². The van der Waals surface area contributed by atoms with Crippen molar-refractivity contribution in [2.75, 3.05) is 0 Å². The zero-order valence-electron chi connectivity index (χ0n) is 4.79. The molecule has 1 aromatic rings. The number of hydrogen-bond acceptors (Lipinski definition) is 0. The van der Waals surface area contributed by atoms with Gasteiger partial charge in [-0.2, -0.15) is 24.6 Å². The molecule has 0 fully saturated rings. The molecular formula is C7H7ClNi-. The van der Waals surface area contributed by atoms with E-state index < -0.39 is 0 Å². The fourth-order valence-corrected chi connectivity index (χ4v) is 0.478. The predicted octanol–water partition coefficient (Wildman–Crippen LogP) is 2.56. The number of halogens is 1. The van der Waals surface area contributed by atoms with Gasteiger partial charge < -0.3 is 0 Å². The Balaban J connectivity index is 0.000000291. The summed E-state index contributed by atoms with van der Waals surface area (Å²) in [5.41, 5.74) is 1.07. The van der Waals surface area contributed by atoms with Gasteiger partial charge in [-0.05, 0) is 0 Å². The summed E-state index contributed by atoms with van der Waals surface area (Å²) in [5, 5.41) is 0. The first-order valence-electron chi connectivity index (χ1n) is 2.38. The topological polar surface area (TPSA) is 0 Å². The van der Waals surface area contributed by atoms with Crippen LogP contribution in [0, 0.1) is 6.92 Å². The van der Waals surface area contributed by atoms with Gasteiger partial charge in [0.2, 0.25) is 0 Å². The molecule has 0 heterocycles. The summed E-state index contributed by atoms with van der Waals surface area (Å²) in [6, 6.07) is 9.87. The summed E-state index contributed by atoms with van der Waals surface area (Å²) in [5.74, 6) is 0. The molecule has 0 aromatic heterocycles. The Labute approximate surface area is 67.9 Å². The van der Waals surface area contributed by atoms with Crippen molar-refractivity contribution in [3.63, 3.8) is 0 Å². The molecule has 9 heavy (non-hydrogen) atoms. The van der Waals surface area contributed by atoms with Crippen LogP contribution in [0.1, 0.15) is 5.56 Å². The van der Waals surface area contributed by atoms with E-state index in [2.05, 4.69) is 31.7 Å². The van der Waals surface area contributed by atoms with Crippen LogP contribution in [0.3, 0.4) is 0 Å². The molecule has 1 aromatic carbocycles. The zero-order chi connectivity index (χ0) is 7.11. The molecule has 0 spiro atoms. The van der Waals surface area contributed by atoms with Crippen LogP contribution in [-0.4, -0.2) is 0 Å². The average Bonchev–Trinajstić information content (AvgIpc) is 1.94. The molecule has 0 saturated carbocycles. The first-order valence-corrected chi connectivity index (χ1v) is 3.74. The molecule has 53 valence electrons. The molecule has 0 radical (unpaired) electrons. The molecular weight excluding hydrogens is 178 g/mol. The number of rotatable bonds is 0. The minimum absolute atomic E-state index is 1.07. The van der Waals surface area contributed by atoms with Crippen LogP contribution in [0.15, 0.2) is 30.3 Å². The number of hydrogen-bond donors (Lipinski definition) is 0. The molecule has 0 aliphatic rings. The van der Waals surface area contributed by atoms with E-state index in [1.165, 1.54) is 0 Å². The zero-order valence-corrected chi connectivity index (χ0v) is 6.53. The van der Waals surface area contributed by atoms with Crippen LogP contribution < -0.4 is 0 Å². The van der Waals surface area contributed by atoms with Crippen LogP contribution in [0.2, 0.25) is 0 Å². The molecule has 0 bridgehead atoms. The van der Waals surface area contributed by atoms with Gasteiger partial charge in [0.05, 0.1) is 0 Å². The van der Waals surface area contributed by atoms with Gasteiger partial charge in [0.15, 0.2) is 0 Å². The first-order chi connectivity index (χ1) is 4.39. The summed E-state index contributed by atoms with van der Waals surface area (Å²) >= 11 is 3.35. The van der Waals surface area contributed by atoms with Gasteiger partial charge in [-0.3, -0.25) is 0 Å². The van der Waals surface area contributed by atoms with Gasteiger partial charge in [-0.1, -0.05) is 6.07 Å². The molecule has 0 aliphatic heterocycles. The Hall–Kier alpha value is -0.126. The van der Waals surface area contributed by atoms with Crippen molar-refractivity contribution in [3.05, 3.63) is 42.8 Å². The SMILES string of the molecule is [CH2-]c1ccccc1.[Cl][Ni]. The van der Waals surface area contributed by atoms with Crippen LogP contribution in [-0.2, 0) is 14.6 Å². The quantitative estimate of drug-likeness (QED) is 0.430. The molecule has 0 amide bonds. The second kappa shape index (κ2) is 6.00. The second-order valence-electron chi connectivity index (χ2n) is 1.49. The Kier molecular flexibility index (Phi) is 5.92. The summed E-state index contributed by atoms with van der Waals surface area (Å²) in [6.45, 7) is 3.72. The van der Waals surface area contributed by atoms with Crippen molar-refractivity contribution >= 4 is 10.2 Å². The van der Waals surface area contributed by atoms with Crippen molar-refractivity contribution < 1.29 is 14.6 Å². The molecule has 1 rings (SSSR count). The predicted molar refractivity (Wildman–Crippen MR) is 36.8 cm³/mol. The summed E-state index contributed by atoms with van der Waals surface area (Å²) in [7, 11) is 4.26. The first kappa shape index (κ1) is 8.87. The van der Waals surface area contributed by atoms with Crippen molar-refractivity contribution in [1.29, 1.82) is 0 Å². The van der Waals surface area contributed by atoms with Gasteiger partial charge in [-0.15, -0.1) is 12.1 Å². The molecule has 0 saturated heterocycles. The van der Waals surface area contributed by atoms with Gasteiger partial charge in [-0.25, -0.2) is 0 Å². The maximum absolute atomic E-state index is 4.26. The summed E-state index contributed by atoms with van der Waals surface area (Å²) in [4.78, 5) is 0. The molecule has 0 atom stereocenters. The Morgan fingerprint density at radius 1 is 1.11 bits per heavy atom. The molecule has 0 nitrogen and oxygen atoms in total. The third-order valence-corrected chi connectivity index (χ3v) is 0.843. The van der Waals surface area contributed by atoms with E-state index in [4.69, 9.17) is 0 Å². The fourth-order valence-electron chi connectivity index (χ4n) is 0.478. The van der Waals surface area contributed by atoms with E-state index in [0.717, 1.165) is 5.56 Å². The van der Waals surface area contributed by atoms with Gasteiger partial charge in [0.1, 0.15) is 0 Å². The molecule has 0 unspecified atom stereocenters. The molecule has 2 heteroatoms. The Morgan fingerprint density at radius 3 is 1.78 bits per heavy atom. The van der Waals surface area contributed by atoms with Crippen molar-refractivity contribution in [2.24, 2.45) is 0 Å². The van der Waals surface area contributed by atoms with E-state index in [9.17, 15) is 0 Å². The molecule has 0 aliphatic carbocycles. The maximum atomic E-state index is 4.26. The summed E-state index contributed by atoms with van der Waals surface area (Å²) < 4.78 is 0. The normalized spacial score (nSPS) is 7.44. The fraction of sp³-hybridized carbons (Fsp3) is 0. The van der Waals surface area contributed by atoms with E-state index in [1.807, 2.05) is 30.3 Å². The number of benzene rings is 1. The van der Waals surface area contributed by atoms with Crippen LogP contribution in [0.25, 0.3) is 0 Å². The van der Waals surface area contributed by atoms with Gasteiger partial charge in [0, 0.05) is 0 Å². The Bertz CT molecular complexity index is 139. The third-order valence-electron chi connectivity index (χ3n) is 0.843. The van der Waals surface area contributed by atoms with E-state index in [0.29, 0.717) is 0 Å². The van der Waals surface area contributed by atoms with Gasteiger partial charge in [0.25, 0.3) is 0 Å². The minimum atomic E-state index is 1.07. The Morgan fingerprint density at radius 2 is 1.56 bits per heavy atom. The third kappa shape index (κ3) is 4.38. The molecule has 0 N–H and O–H groups in total. The van der Waals surface area contributed by atoms with E-state index in [1.54, 1.807) is 0 Å². The average molecular weight is 185 g/mol. The van der Waals surface area contributed by atoms with E-state index in [-0.39, 0.29) is 0 Å². The second-order valence-corrected chi connectivity index (χ2v) is 1.49. The standard InChI is InChI=1S/C7H7.ClH.Ni/c1-7-5-3-2-4-6-7;;/h2-6H,1H2;1H;/q-1;;+1/p-1. The van der Waals surface area contributed by atoms with Crippen molar-refractivity contribution in [1.82, 2.24) is 0 Å². The van der Waals surface area contributed by atoms with Crippen LogP contribution >= 0.6 is 10.2 Å². The summed E-state index contributed by atoms with van der Waals surface area (Å²) in [6.07, 6.45) is 0. The van der Waals surface area contributed by atoms with Gasteiger partial charge >= 0.3 is 24.8 Å².